The zero-order chi connectivity index (χ0) is 16.1. The van der Waals surface area contributed by atoms with Crippen LogP contribution in [-0.2, 0) is 19.6 Å². The minimum atomic E-state index is -0.196. The van der Waals surface area contributed by atoms with Crippen molar-refractivity contribution in [1.82, 2.24) is 20.4 Å². The van der Waals surface area contributed by atoms with Crippen molar-refractivity contribution in [3.63, 3.8) is 0 Å². The summed E-state index contributed by atoms with van der Waals surface area (Å²) in [6, 6.07) is 7.20. The highest BCUT2D eigenvalue weighted by molar-refractivity contribution is 6.30. The molecule has 6 heteroatoms. The van der Waals surface area contributed by atoms with E-state index < -0.39 is 0 Å². The van der Waals surface area contributed by atoms with Gasteiger partial charge < -0.3 is 10.6 Å². The third-order valence-electron chi connectivity index (χ3n) is 3.62. The van der Waals surface area contributed by atoms with Crippen LogP contribution >= 0.6 is 11.6 Å². The smallest absolute Gasteiger partial charge is 0.315 e. The van der Waals surface area contributed by atoms with E-state index in [1.165, 1.54) is 0 Å². The van der Waals surface area contributed by atoms with Crippen LogP contribution < -0.4 is 10.6 Å². The van der Waals surface area contributed by atoms with Crippen molar-refractivity contribution in [3.05, 3.63) is 51.8 Å². The minimum Gasteiger partial charge on any atom is -0.334 e. The summed E-state index contributed by atoms with van der Waals surface area (Å²) in [5.74, 6) is 0. The first-order valence-corrected chi connectivity index (χ1v) is 7.68. The molecule has 118 valence electrons. The van der Waals surface area contributed by atoms with Gasteiger partial charge in [0.25, 0.3) is 0 Å². The van der Waals surface area contributed by atoms with Gasteiger partial charge in [-0.3, -0.25) is 4.68 Å². The molecule has 0 atom stereocenters. The average Bonchev–Trinajstić information content (AvgIpc) is 2.78. The Balaban J connectivity index is 1.85. The second-order valence-corrected chi connectivity index (χ2v) is 5.56. The van der Waals surface area contributed by atoms with Crippen LogP contribution in [0, 0.1) is 13.8 Å². The molecule has 5 nitrogen and oxygen atoms in total. The second kappa shape index (κ2) is 7.31. The molecule has 0 radical (unpaired) electrons. The molecule has 2 N–H and O–H groups in total. The maximum absolute atomic E-state index is 11.9. The quantitative estimate of drug-likeness (QED) is 0.889. The number of nitrogens with one attached hydrogen (secondary N) is 2. The molecule has 0 saturated carbocycles. The molecular formula is C16H21ClN4O. The third-order valence-corrected chi connectivity index (χ3v) is 3.87. The number of halogens is 1. The minimum absolute atomic E-state index is 0.196. The van der Waals surface area contributed by atoms with E-state index in [9.17, 15) is 4.79 Å². The van der Waals surface area contributed by atoms with Crippen LogP contribution in [0.3, 0.4) is 0 Å². The molecule has 0 fully saturated rings. The number of aromatic nitrogens is 2. The van der Waals surface area contributed by atoms with Crippen molar-refractivity contribution < 1.29 is 4.79 Å². The number of urea groups is 1. The van der Waals surface area contributed by atoms with E-state index in [0.717, 1.165) is 29.1 Å². The molecule has 22 heavy (non-hydrogen) atoms. The zero-order valence-electron chi connectivity index (χ0n) is 13.1. The largest absolute Gasteiger partial charge is 0.334 e. The number of hydrogen-bond acceptors (Lipinski definition) is 2. The Morgan fingerprint density at radius 2 is 1.82 bits per heavy atom. The number of aryl methyl sites for hydroxylation is 2. The highest BCUT2D eigenvalue weighted by Crippen LogP contribution is 2.12. The van der Waals surface area contributed by atoms with Crippen molar-refractivity contribution in [2.75, 3.05) is 0 Å². The molecule has 0 aliphatic heterocycles. The van der Waals surface area contributed by atoms with Crippen LogP contribution in [0.1, 0.15) is 29.4 Å². The Morgan fingerprint density at radius 3 is 2.41 bits per heavy atom. The fourth-order valence-electron chi connectivity index (χ4n) is 2.31. The summed E-state index contributed by atoms with van der Waals surface area (Å²) in [6.45, 7) is 7.80. The Morgan fingerprint density at radius 1 is 1.18 bits per heavy atom. The number of benzene rings is 1. The molecule has 2 rings (SSSR count). The molecule has 0 unspecified atom stereocenters. The normalized spacial score (nSPS) is 10.5. The highest BCUT2D eigenvalue weighted by atomic mass is 35.5. The standard InChI is InChI=1S/C16H21ClN4O/c1-4-21-12(3)15(11(2)20-21)10-19-16(22)18-9-13-5-7-14(17)8-6-13/h5-8H,4,9-10H2,1-3H3,(H2,18,19,22). The first-order chi connectivity index (χ1) is 10.5. The lowest BCUT2D eigenvalue weighted by Gasteiger charge is -2.08. The van der Waals surface area contributed by atoms with Crippen molar-refractivity contribution in [1.29, 1.82) is 0 Å². The van der Waals surface area contributed by atoms with Crippen molar-refractivity contribution in [2.45, 2.75) is 40.4 Å². The number of rotatable bonds is 5. The predicted octanol–water partition coefficient (Wildman–Crippen LogP) is 3.17. The van der Waals surface area contributed by atoms with Crippen molar-refractivity contribution >= 4 is 17.6 Å². The zero-order valence-corrected chi connectivity index (χ0v) is 13.9. The first kappa shape index (κ1) is 16.4. The van der Waals surface area contributed by atoms with Gasteiger partial charge in [0.1, 0.15) is 0 Å². The molecule has 0 aliphatic rings. The number of amides is 2. The molecule has 1 aromatic heterocycles. The number of carbonyl (C=O) groups excluding carboxylic acids is 1. The average molecular weight is 321 g/mol. The Bertz CT molecular complexity index is 649. The lowest BCUT2D eigenvalue weighted by atomic mass is 10.2. The van der Waals surface area contributed by atoms with Crippen LogP contribution in [0.2, 0.25) is 5.02 Å². The van der Waals surface area contributed by atoms with E-state index in [2.05, 4.69) is 22.7 Å². The number of carbonyl (C=O) groups is 1. The van der Waals surface area contributed by atoms with Crippen molar-refractivity contribution in [3.8, 4) is 0 Å². The summed E-state index contributed by atoms with van der Waals surface area (Å²) in [6.07, 6.45) is 0. The van der Waals surface area contributed by atoms with E-state index >= 15 is 0 Å². The molecule has 2 amide bonds. The molecule has 0 spiro atoms. The highest BCUT2D eigenvalue weighted by Gasteiger charge is 2.11. The van der Waals surface area contributed by atoms with Gasteiger partial charge in [-0.25, -0.2) is 4.79 Å². The van der Waals surface area contributed by atoms with Gasteiger partial charge in [0.05, 0.1) is 5.69 Å². The van der Waals surface area contributed by atoms with Crippen LogP contribution in [0.4, 0.5) is 4.79 Å². The van der Waals surface area contributed by atoms with Gasteiger partial charge in [-0.05, 0) is 38.5 Å². The van der Waals surface area contributed by atoms with E-state index in [4.69, 9.17) is 11.6 Å². The molecule has 2 aromatic rings. The fourth-order valence-corrected chi connectivity index (χ4v) is 2.44. The summed E-state index contributed by atoms with van der Waals surface area (Å²) in [7, 11) is 0. The summed E-state index contributed by atoms with van der Waals surface area (Å²) in [5, 5.41) is 10.8. The molecule has 0 bridgehead atoms. The van der Waals surface area contributed by atoms with E-state index in [0.29, 0.717) is 18.1 Å². The van der Waals surface area contributed by atoms with E-state index in [1.54, 1.807) is 0 Å². The monoisotopic (exact) mass is 320 g/mol. The Hall–Kier alpha value is -2.01. The molecule has 0 saturated heterocycles. The fraction of sp³-hybridized carbons (Fsp3) is 0.375. The van der Waals surface area contributed by atoms with Gasteiger partial charge in [-0.2, -0.15) is 5.10 Å². The summed E-state index contributed by atoms with van der Waals surface area (Å²) < 4.78 is 1.94. The maximum Gasteiger partial charge on any atom is 0.315 e. The Labute approximate surface area is 135 Å². The lowest BCUT2D eigenvalue weighted by Crippen LogP contribution is -2.34. The van der Waals surface area contributed by atoms with Gasteiger partial charge in [-0.1, -0.05) is 23.7 Å². The molecule has 1 aromatic carbocycles. The number of hydrogen-bond donors (Lipinski definition) is 2. The summed E-state index contributed by atoms with van der Waals surface area (Å²) in [5.41, 5.74) is 4.13. The number of nitrogens with zero attached hydrogens (tertiary/aromatic N) is 2. The second-order valence-electron chi connectivity index (χ2n) is 5.13. The van der Waals surface area contributed by atoms with Crippen LogP contribution in [0.15, 0.2) is 24.3 Å². The molecule has 1 heterocycles. The lowest BCUT2D eigenvalue weighted by molar-refractivity contribution is 0.240. The first-order valence-electron chi connectivity index (χ1n) is 7.30. The van der Waals surface area contributed by atoms with Gasteiger partial charge in [-0.15, -0.1) is 0 Å². The van der Waals surface area contributed by atoms with Crippen LogP contribution in [0.25, 0.3) is 0 Å². The molecular weight excluding hydrogens is 300 g/mol. The van der Waals surface area contributed by atoms with Crippen molar-refractivity contribution in [2.24, 2.45) is 0 Å². The topological polar surface area (TPSA) is 59.0 Å². The van der Waals surface area contributed by atoms with Gasteiger partial charge in [0.15, 0.2) is 0 Å². The summed E-state index contributed by atoms with van der Waals surface area (Å²) in [4.78, 5) is 11.9. The predicted molar refractivity (Wildman–Crippen MR) is 87.9 cm³/mol. The van der Waals surface area contributed by atoms with Crippen LogP contribution in [-0.4, -0.2) is 15.8 Å². The van der Waals surface area contributed by atoms with E-state index in [-0.39, 0.29) is 6.03 Å². The van der Waals surface area contributed by atoms with Gasteiger partial charge in [0, 0.05) is 35.9 Å². The maximum atomic E-state index is 11.9. The SMILES string of the molecule is CCn1nc(C)c(CNC(=O)NCc2ccc(Cl)cc2)c1C. The third kappa shape index (κ3) is 4.01. The van der Waals surface area contributed by atoms with Gasteiger partial charge >= 0.3 is 6.03 Å². The Kier molecular flexibility index (Phi) is 5.44. The van der Waals surface area contributed by atoms with Gasteiger partial charge in [0.2, 0.25) is 0 Å². The van der Waals surface area contributed by atoms with E-state index in [1.807, 2.05) is 42.8 Å². The van der Waals surface area contributed by atoms with Crippen LogP contribution in [0.5, 0.6) is 0 Å². The molecule has 0 aliphatic carbocycles. The summed E-state index contributed by atoms with van der Waals surface area (Å²) >= 11 is 5.83.